The van der Waals surface area contributed by atoms with Crippen molar-refractivity contribution in [3.8, 4) is 22.3 Å². The van der Waals surface area contributed by atoms with Crippen molar-refractivity contribution in [2.24, 2.45) is 0 Å². The average molecular weight is 755 g/mol. The minimum atomic E-state index is -0.104. The molecule has 280 valence electrons. The number of hydrogen-bond acceptors (Lipinski definition) is 2. The van der Waals surface area contributed by atoms with Gasteiger partial charge in [-0.1, -0.05) is 178 Å². The molecule has 0 spiro atoms. The van der Waals surface area contributed by atoms with Crippen molar-refractivity contribution in [1.29, 1.82) is 0 Å². The van der Waals surface area contributed by atoms with Gasteiger partial charge >= 0.3 is 0 Å². The zero-order chi connectivity index (χ0) is 39.5. The molecule has 1 aliphatic rings. The maximum Gasteiger partial charge on any atom is 0.0540 e. The summed E-state index contributed by atoms with van der Waals surface area (Å²) in [7, 11) is 0. The summed E-state index contributed by atoms with van der Waals surface area (Å²) in [5.41, 5.74) is 14.5. The zero-order valence-electron chi connectivity index (χ0n) is 33.2. The van der Waals surface area contributed by atoms with Crippen LogP contribution in [0.15, 0.2) is 218 Å². The highest BCUT2D eigenvalue weighted by atomic mass is 15.1. The summed E-state index contributed by atoms with van der Waals surface area (Å²) in [4.78, 5) is 4.85. The molecule has 2 nitrogen and oxygen atoms in total. The molecule has 0 aromatic heterocycles. The Kier molecular flexibility index (Phi) is 8.20. The van der Waals surface area contributed by atoms with Crippen LogP contribution in [-0.2, 0) is 5.41 Å². The van der Waals surface area contributed by atoms with E-state index in [0.717, 1.165) is 34.1 Å². The Labute approximate surface area is 345 Å². The third-order valence-corrected chi connectivity index (χ3v) is 12.4. The fourth-order valence-corrected chi connectivity index (χ4v) is 9.58. The normalized spacial score (nSPS) is 12.7. The zero-order valence-corrected chi connectivity index (χ0v) is 33.2. The molecule has 2 heteroatoms. The Balaban J connectivity index is 1.04. The Morgan fingerprint density at radius 1 is 0.305 bits per heavy atom. The lowest BCUT2D eigenvalue weighted by Gasteiger charge is -2.29. The third-order valence-electron chi connectivity index (χ3n) is 12.4. The molecule has 1 aliphatic carbocycles. The highest BCUT2D eigenvalue weighted by Gasteiger charge is 2.35. The molecule has 0 heterocycles. The fourth-order valence-electron chi connectivity index (χ4n) is 9.58. The largest absolute Gasteiger partial charge is 0.310 e. The molecule has 0 radical (unpaired) electrons. The van der Waals surface area contributed by atoms with Crippen molar-refractivity contribution >= 4 is 66.4 Å². The summed E-state index contributed by atoms with van der Waals surface area (Å²) in [5, 5.41) is 7.29. The molecule has 10 aromatic rings. The predicted octanol–water partition coefficient (Wildman–Crippen LogP) is 16.1. The van der Waals surface area contributed by atoms with E-state index >= 15 is 0 Å². The van der Waals surface area contributed by atoms with Crippen LogP contribution < -0.4 is 9.80 Å². The van der Waals surface area contributed by atoms with E-state index in [1.165, 1.54) is 65.7 Å². The molecular weight excluding hydrogens is 713 g/mol. The molecule has 11 rings (SSSR count). The third kappa shape index (κ3) is 5.71. The van der Waals surface area contributed by atoms with Crippen LogP contribution in [0.5, 0.6) is 0 Å². The smallest absolute Gasteiger partial charge is 0.0540 e. The summed E-state index contributed by atoms with van der Waals surface area (Å²) in [5.74, 6) is 0. The van der Waals surface area contributed by atoms with Gasteiger partial charge < -0.3 is 9.80 Å². The Morgan fingerprint density at radius 3 is 1.51 bits per heavy atom. The van der Waals surface area contributed by atoms with E-state index in [2.05, 4.69) is 242 Å². The topological polar surface area (TPSA) is 6.48 Å². The Bertz CT molecular complexity index is 3190. The molecule has 0 atom stereocenters. The summed E-state index contributed by atoms with van der Waals surface area (Å²) in [6.07, 6.45) is 0. The first-order valence-electron chi connectivity index (χ1n) is 20.5. The van der Waals surface area contributed by atoms with Crippen LogP contribution in [0.4, 0.5) is 34.1 Å². The second-order valence-electron chi connectivity index (χ2n) is 16.1. The van der Waals surface area contributed by atoms with Crippen LogP contribution in [0.1, 0.15) is 25.0 Å². The predicted molar refractivity (Wildman–Crippen MR) is 251 cm³/mol. The van der Waals surface area contributed by atoms with Gasteiger partial charge in [0, 0.05) is 38.6 Å². The van der Waals surface area contributed by atoms with Crippen molar-refractivity contribution in [1.82, 2.24) is 0 Å². The quantitative estimate of drug-likeness (QED) is 0.160. The van der Waals surface area contributed by atoms with Gasteiger partial charge in [-0.05, 0) is 104 Å². The molecular formula is C57H42N2. The first kappa shape index (κ1) is 34.8. The molecule has 0 bridgehead atoms. The molecule has 0 N–H and O–H groups in total. The summed E-state index contributed by atoms with van der Waals surface area (Å²) in [6, 6.07) is 79.9. The number of hydrogen-bond donors (Lipinski definition) is 0. The van der Waals surface area contributed by atoms with Crippen molar-refractivity contribution in [2.75, 3.05) is 9.80 Å². The van der Waals surface area contributed by atoms with Gasteiger partial charge in [0.2, 0.25) is 0 Å². The van der Waals surface area contributed by atoms with E-state index in [9.17, 15) is 0 Å². The average Bonchev–Trinajstić information content (AvgIpc) is 3.52. The molecule has 0 aliphatic heterocycles. The van der Waals surface area contributed by atoms with Gasteiger partial charge in [0.1, 0.15) is 0 Å². The minimum Gasteiger partial charge on any atom is -0.310 e. The van der Waals surface area contributed by atoms with Crippen LogP contribution in [0.25, 0.3) is 54.6 Å². The first-order chi connectivity index (χ1) is 29.0. The summed E-state index contributed by atoms with van der Waals surface area (Å²) >= 11 is 0. The molecule has 59 heavy (non-hydrogen) atoms. The SMILES string of the molecule is CC1(C)c2ccccc2-c2ccc(N(c3ccc(-c4cccc5c(N(c6ccccc6)c6cccc7ccccc67)cccc45)cc3)c3cccc4ccccc34)cc21. The lowest BCUT2D eigenvalue weighted by atomic mass is 9.82. The Morgan fingerprint density at radius 2 is 0.780 bits per heavy atom. The van der Waals surface area contributed by atoms with E-state index in [0.29, 0.717) is 0 Å². The summed E-state index contributed by atoms with van der Waals surface area (Å²) in [6.45, 7) is 4.71. The molecule has 0 fully saturated rings. The standard InChI is InChI=1S/C57H42N2/c1-57(2)52-28-11-10-24-49(52)50-37-36-44(38-53(50)57)58(54-29-12-18-39-16-6-8-22-46(39)54)43-34-32-41(33-35-43)45-25-14-27-51-48(45)26-15-31-56(51)59(42-20-4-3-5-21-42)55-30-13-19-40-17-7-9-23-47(40)55/h3-38H,1-2H3. The molecule has 0 saturated carbocycles. The lowest BCUT2D eigenvalue weighted by Crippen LogP contribution is -2.16. The first-order valence-corrected chi connectivity index (χ1v) is 20.5. The van der Waals surface area contributed by atoms with E-state index in [1.807, 2.05) is 0 Å². The fraction of sp³-hybridized carbons (Fsp3) is 0.0526. The second kappa shape index (κ2) is 13.9. The van der Waals surface area contributed by atoms with Gasteiger partial charge in [-0.3, -0.25) is 0 Å². The van der Waals surface area contributed by atoms with E-state index in [-0.39, 0.29) is 5.41 Å². The maximum atomic E-state index is 2.44. The van der Waals surface area contributed by atoms with Gasteiger partial charge in [0.25, 0.3) is 0 Å². The van der Waals surface area contributed by atoms with Crippen molar-refractivity contribution in [2.45, 2.75) is 19.3 Å². The van der Waals surface area contributed by atoms with Crippen molar-refractivity contribution in [3.63, 3.8) is 0 Å². The highest BCUT2D eigenvalue weighted by molar-refractivity contribution is 6.08. The molecule has 0 unspecified atom stereocenters. The summed E-state index contributed by atoms with van der Waals surface area (Å²) < 4.78 is 0. The van der Waals surface area contributed by atoms with Crippen LogP contribution in [0.3, 0.4) is 0 Å². The van der Waals surface area contributed by atoms with Crippen molar-refractivity contribution in [3.05, 3.63) is 230 Å². The van der Waals surface area contributed by atoms with Gasteiger partial charge in [-0.25, -0.2) is 0 Å². The number of benzene rings is 10. The number of rotatable bonds is 7. The van der Waals surface area contributed by atoms with E-state index in [4.69, 9.17) is 0 Å². The van der Waals surface area contributed by atoms with Crippen LogP contribution >= 0.6 is 0 Å². The van der Waals surface area contributed by atoms with E-state index in [1.54, 1.807) is 0 Å². The minimum absolute atomic E-state index is 0.104. The molecule has 0 saturated heterocycles. The van der Waals surface area contributed by atoms with Crippen molar-refractivity contribution < 1.29 is 0 Å². The highest BCUT2D eigenvalue weighted by Crippen LogP contribution is 2.51. The second-order valence-corrected chi connectivity index (χ2v) is 16.1. The van der Waals surface area contributed by atoms with E-state index < -0.39 is 0 Å². The van der Waals surface area contributed by atoms with Gasteiger partial charge in [0.15, 0.2) is 0 Å². The van der Waals surface area contributed by atoms with Crippen LogP contribution in [0.2, 0.25) is 0 Å². The number of nitrogens with zero attached hydrogens (tertiary/aromatic N) is 2. The Hall–Kier alpha value is -7.42. The van der Waals surface area contributed by atoms with Gasteiger partial charge in [-0.2, -0.15) is 0 Å². The number of para-hydroxylation sites is 1. The van der Waals surface area contributed by atoms with Gasteiger partial charge in [-0.15, -0.1) is 0 Å². The molecule has 0 amide bonds. The van der Waals surface area contributed by atoms with Crippen LogP contribution in [-0.4, -0.2) is 0 Å². The molecule has 10 aromatic carbocycles. The van der Waals surface area contributed by atoms with Gasteiger partial charge in [0.05, 0.1) is 17.1 Å². The maximum absolute atomic E-state index is 2.44. The lowest BCUT2D eigenvalue weighted by molar-refractivity contribution is 0.660. The number of anilines is 6. The monoisotopic (exact) mass is 754 g/mol. The number of fused-ring (bicyclic) bond motifs is 6. The van der Waals surface area contributed by atoms with Crippen LogP contribution in [0, 0.1) is 0 Å².